The van der Waals surface area contributed by atoms with E-state index in [0.29, 0.717) is 0 Å². The van der Waals surface area contributed by atoms with Crippen molar-refractivity contribution in [2.24, 2.45) is 0 Å². The third-order valence-electron chi connectivity index (χ3n) is 1.02. The monoisotopic (exact) mass is 145 g/mol. The van der Waals surface area contributed by atoms with Crippen LogP contribution >= 0.6 is 0 Å². The predicted octanol–water partition coefficient (Wildman–Crippen LogP) is 1.96. The fraction of sp³-hybridized carbons (Fsp3) is 0.143. The molecule has 1 aromatic carbocycles. The van der Waals surface area contributed by atoms with Crippen LogP contribution in [-0.2, 0) is 0 Å². The summed E-state index contributed by atoms with van der Waals surface area (Å²) in [5, 5.41) is 1.04. The number of hydrogen-bond acceptors (Lipinski definition) is 0. The van der Waals surface area contributed by atoms with E-state index in [2.05, 4.69) is 0 Å². The average Bonchev–Trinajstić information content (AvgIpc) is 1.90. The SMILES string of the molecule is C[Cl+]c1ccc(F)cc1. The Bertz CT molecular complexity index is 181. The number of hydrogen-bond donors (Lipinski definition) is 0. The van der Waals surface area contributed by atoms with E-state index in [1.165, 1.54) is 12.1 Å². The van der Waals surface area contributed by atoms with Crippen LogP contribution in [-0.4, -0.2) is 6.38 Å². The molecule has 0 saturated heterocycles. The Balaban J connectivity index is 2.88. The molecule has 0 aliphatic rings. The topological polar surface area (TPSA) is 0 Å². The molecule has 0 radical (unpaired) electrons. The Morgan fingerprint density at radius 1 is 1.22 bits per heavy atom. The fourth-order valence-electron chi connectivity index (χ4n) is 0.556. The second-order valence-electron chi connectivity index (χ2n) is 1.63. The van der Waals surface area contributed by atoms with Gasteiger partial charge in [0.25, 0.3) is 0 Å². The van der Waals surface area contributed by atoms with Crippen LogP contribution in [0.3, 0.4) is 0 Å². The summed E-state index contributed by atoms with van der Waals surface area (Å²) in [5.41, 5.74) is 0. The number of benzene rings is 1. The van der Waals surface area contributed by atoms with Crippen LogP contribution in [0.5, 0.6) is 0 Å². The van der Waals surface area contributed by atoms with Crippen LogP contribution in [0.2, 0.25) is 5.02 Å². The van der Waals surface area contributed by atoms with Gasteiger partial charge in [-0.05, 0) is 12.1 Å². The van der Waals surface area contributed by atoms with Crippen LogP contribution in [0.4, 0.5) is 4.39 Å². The molecule has 0 N–H and O–H groups in total. The van der Waals surface area contributed by atoms with Gasteiger partial charge in [0.15, 0.2) is 17.2 Å². The van der Waals surface area contributed by atoms with Crippen LogP contribution in [0, 0.1) is 16.6 Å². The second kappa shape index (κ2) is 2.83. The average molecular weight is 146 g/mol. The van der Waals surface area contributed by atoms with Gasteiger partial charge in [-0.1, -0.05) is 0 Å². The molecule has 48 valence electrons. The molecule has 0 bridgehead atoms. The van der Waals surface area contributed by atoms with Crippen molar-refractivity contribution in [1.82, 2.24) is 0 Å². The van der Waals surface area contributed by atoms with E-state index in [1.807, 2.05) is 17.2 Å². The Labute approximate surface area is 57.4 Å². The Hall–Kier alpha value is -0.560. The molecule has 0 heterocycles. The molecule has 2 heteroatoms. The van der Waals surface area contributed by atoms with Crippen LogP contribution in [0.15, 0.2) is 24.3 Å². The van der Waals surface area contributed by atoms with Crippen molar-refractivity contribution < 1.29 is 15.2 Å². The maximum absolute atomic E-state index is 12.2. The molecule has 0 aromatic heterocycles. The first-order valence-corrected chi connectivity index (χ1v) is 3.71. The molecule has 0 saturated carbocycles. The van der Waals surface area contributed by atoms with E-state index in [9.17, 15) is 4.39 Å². The van der Waals surface area contributed by atoms with E-state index in [-0.39, 0.29) is 5.82 Å². The summed E-state index contributed by atoms with van der Waals surface area (Å²) in [7, 11) is 2.04. The molecule has 0 aliphatic heterocycles. The zero-order chi connectivity index (χ0) is 6.69. The summed E-state index contributed by atoms with van der Waals surface area (Å²) in [6, 6.07) is 6.38. The summed E-state index contributed by atoms with van der Waals surface area (Å²) < 4.78 is 12.2. The smallest absolute Gasteiger partial charge is 0.207 e. The Kier molecular flexibility index (Phi) is 2.06. The lowest BCUT2D eigenvalue weighted by atomic mass is 10.4. The van der Waals surface area contributed by atoms with Crippen LogP contribution in [0.25, 0.3) is 0 Å². The molecule has 9 heavy (non-hydrogen) atoms. The number of halogens is 2. The van der Waals surface area contributed by atoms with Crippen molar-refractivity contribution in [2.45, 2.75) is 0 Å². The normalized spacial score (nSPS) is 9.56. The summed E-state index contributed by atoms with van der Waals surface area (Å²) in [6.07, 6.45) is 1.91. The van der Waals surface area contributed by atoms with E-state index >= 15 is 0 Å². The molecule has 0 nitrogen and oxygen atoms in total. The van der Waals surface area contributed by atoms with Gasteiger partial charge in [-0.15, -0.1) is 0 Å². The van der Waals surface area contributed by atoms with Gasteiger partial charge < -0.3 is 0 Å². The van der Waals surface area contributed by atoms with Crippen molar-refractivity contribution in [3.8, 4) is 0 Å². The van der Waals surface area contributed by atoms with Crippen LogP contribution in [0.1, 0.15) is 0 Å². The van der Waals surface area contributed by atoms with Gasteiger partial charge in [0.05, 0.1) is 0 Å². The van der Waals surface area contributed by atoms with Gasteiger partial charge in [0.1, 0.15) is 5.82 Å². The van der Waals surface area contributed by atoms with Crippen molar-refractivity contribution >= 4 is 0 Å². The minimum absolute atomic E-state index is 0.182. The largest absolute Gasteiger partial charge is 0.228 e. The van der Waals surface area contributed by atoms with E-state index in [4.69, 9.17) is 0 Å². The summed E-state index contributed by atoms with van der Waals surface area (Å²) in [6.45, 7) is 0. The predicted molar refractivity (Wildman–Crippen MR) is 31.5 cm³/mol. The molecule has 0 amide bonds. The number of alkyl halides is 1. The van der Waals surface area contributed by atoms with Gasteiger partial charge in [-0.2, -0.15) is 0 Å². The molecular weight excluding hydrogens is 139 g/mol. The lowest BCUT2D eigenvalue weighted by Crippen LogP contribution is -1.76. The van der Waals surface area contributed by atoms with E-state index in [0.717, 1.165) is 5.02 Å². The minimum atomic E-state index is -0.182. The Morgan fingerprint density at radius 3 is 2.22 bits per heavy atom. The van der Waals surface area contributed by atoms with Gasteiger partial charge in [-0.25, -0.2) is 4.39 Å². The molecule has 1 rings (SSSR count). The zero-order valence-electron chi connectivity index (χ0n) is 5.07. The maximum atomic E-state index is 12.2. The second-order valence-corrected chi connectivity index (χ2v) is 2.44. The first-order chi connectivity index (χ1) is 4.33. The molecule has 0 fully saturated rings. The molecule has 0 atom stereocenters. The van der Waals surface area contributed by atoms with E-state index in [1.54, 1.807) is 12.1 Å². The highest BCUT2D eigenvalue weighted by Crippen LogP contribution is 2.04. The molecule has 0 spiro atoms. The van der Waals surface area contributed by atoms with Gasteiger partial charge in [-0.3, -0.25) is 0 Å². The zero-order valence-corrected chi connectivity index (χ0v) is 5.82. The lowest BCUT2D eigenvalue weighted by molar-refractivity contribution is -0.566. The quantitative estimate of drug-likeness (QED) is 0.530. The molecule has 0 aliphatic carbocycles. The first kappa shape index (κ1) is 6.56. The van der Waals surface area contributed by atoms with Crippen molar-refractivity contribution in [3.63, 3.8) is 0 Å². The third kappa shape index (κ3) is 1.68. The van der Waals surface area contributed by atoms with Gasteiger partial charge in [0.2, 0.25) is 5.02 Å². The molecular formula is C7H7ClF+. The third-order valence-corrected chi connectivity index (χ3v) is 1.71. The van der Waals surface area contributed by atoms with Crippen molar-refractivity contribution in [3.05, 3.63) is 35.1 Å². The fourth-order valence-corrected chi connectivity index (χ4v) is 0.934. The minimum Gasteiger partial charge on any atom is -0.207 e. The maximum Gasteiger partial charge on any atom is 0.228 e. The van der Waals surface area contributed by atoms with E-state index < -0.39 is 0 Å². The van der Waals surface area contributed by atoms with Crippen molar-refractivity contribution in [1.29, 1.82) is 0 Å². The highest BCUT2D eigenvalue weighted by Gasteiger charge is 2.00. The molecule has 0 unspecified atom stereocenters. The highest BCUT2D eigenvalue weighted by atomic mass is 35.5. The lowest BCUT2D eigenvalue weighted by Gasteiger charge is -1.82. The van der Waals surface area contributed by atoms with Crippen molar-refractivity contribution in [2.75, 3.05) is 6.38 Å². The first-order valence-electron chi connectivity index (χ1n) is 2.58. The standard InChI is InChI=1S/C7H7ClF/c1-8-6-2-4-7(9)5-3-6/h2-5H,1H3/q+1. The van der Waals surface area contributed by atoms with Gasteiger partial charge in [0, 0.05) is 12.1 Å². The summed E-state index contributed by atoms with van der Waals surface area (Å²) >= 11 is 0. The van der Waals surface area contributed by atoms with Crippen LogP contribution < -0.4 is 0 Å². The summed E-state index contributed by atoms with van der Waals surface area (Å²) in [4.78, 5) is 0. The highest BCUT2D eigenvalue weighted by molar-refractivity contribution is 5.10. The van der Waals surface area contributed by atoms with Gasteiger partial charge >= 0.3 is 0 Å². The Morgan fingerprint density at radius 2 is 1.78 bits per heavy atom. The molecule has 1 aromatic rings. The number of rotatable bonds is 1. The summed E-state index contributed by atoms with van der Waals surface area (Å²) in [5.74, 6) is -0.182.